The fourth-order valence-corrected chi connectivity index (χ4v) is 3.27. The lowest BCUT2D eigenvalue weighted by Crippen LogP contribution is -2.52. The summed E-state index contributed by atoms with van der Waals surface area (Å²) in [7, 11) is 0. The Morgan fingerprint density at radius 2 is 2.04 bits per heavy atom. The van der Waals surface area contributed by atoms with Crippen LogP contribution in [0, 0.1) is 0 Å². The molecule has 2 aromatic rings. The predicted octanol–water partition coefficient (Wildman–Crippen LogP) is 0.998. The summed E-state index contributed by atoms with van der Waals surface area (Å²) in [6.45, 7) is 2.68. The molecule has 2 N–H and O–H groups in total. The van der Waals surface area contributed by atoms with Gasteiger partial charge in [0.1, 0.15) is 17.0 Å². The Morgan fingerprint density at radius 1 is 1.26 bits per heavy atom. The van der Waals surface area contributed by atoms with Crippen LogP contribution < -0.4 is 10.2 Å². The summed E-state index contributed by atoms with van der Waals surface area (Å²) in [4.78, 5) is 35.9. The standard InChI is InChI=1S/C14H17N5O3S/c20-11(21)1-3-15-14(22)19-6-4-18(5-7-19)12-10-2-8-23-13(10)17-9-16-12/h2,8-9H,1,3-7H2,(H,15,22)(H,20,21). The highest BCUT2D eigenvalue weighted by Gasteiger charge is 2.23. The second kappa shape index (κ2) is 6.78. The third-order valence-corrected chi connectivity index (χ3v) is 4.54. The molecule has 1 aliphatic heterocycles. The first-order chi connectivity index (χ1) is 11.1. The minimum absolute atomic E-state index is 0.0667. The monoisotopic (exact) mass is 335 g/mol. The molecule has 2 amide bonds. The fraction of sp³-hybridized carbons (Fsp3) is 0.429. The molecule has 0 aliphatic carbocycles. The Bertz CT molecular complexity index is 711. The van der Waals surface area contributed by atoms with Crippen molar-refractivity contribution in [3.8, 4) is 0 Å². The van der Waals surface area contributed by atoms with Gasteiger partial charge in [0.05, 0.1) is 11.8 Å². The largest absolute Gasteiger partial charge is 0.481 e. The quantitative estimate of drug-likeness (QED) is 0.865. The second-order valence-electron chi connectivity index (χ2n) is 5.19. The highest BCUT2D eigenvalue weighted by molar-refractivity contribution is 7.16. The van der Waals surface area contributed by atoms with Crippen molar-refractivity contribution in [3.63, 3.8) is 0 Å². The average Bonchev–Trinajstić information content (AvgIpc) is 3.03. The molecule has 0 saturated carbocycles. The van der Waals surface area contributed by atoms with E-state index < -0.39 is 5.97 Å². The first kappa shape index (κ1) is 15.5. The predicted molar refractivity (Wildman–Crippen MR) is 86.9 cm³/mol. The Kier molecular flexibility index (Phi) is 4.56. The number of aliphatic carboxylic acids is 1. The van der Waals surface area contributed by atoms with Crippen molar-refractivity contribution in [2.45, 2.75) is 6.42 Å². The molecule has 1 fully saturated rings. The number of nitrogens with one attached hydrogen (secondary N) is 1. The third kappa shape index (κ3) is 3.50. The average molecular weight is 335 g/mol. The zero-order valence-electron chi connectivity index (χ0n) is 12.4. The number of fused-ring (bicyclic) bond motifs is 1. The van der Waals surface area contributed by atoms with Crippen LogP contribution in [0.2, 0.25) is 0 Å². The first-order valence-corrected chi connectivity index (χ1v) is 8.21. The van der Waals surface area contributed by atoms with E-state index in [2.05, 4.69) is 20.2 Å². The van der Waals surface area contributed by atoms with Crippen molar-refractivity contribution in [3.05, 3.63) is 17.8 Å². The van der Waals surface area contributed by atoms with E-state index in [0.29, 0.717) is 26.2 Å². The van der Waals surface area contributed by atoms with Gasteiger partial charge in [-0.2, -0.15) is 0 Å². The second-order valence-corrected chi connectivity index (χ2v) is 6.08. The zero-order valence-corrected chi connectivity index (χ0v) is 13.3. The lowest BCUT2D eigenvalue weighted by atomic mass is 10.3. The molecule has 0 aromatic carbocycles. The Hall–Kier alpha value is -2.42. The molecule has 23 heavy (non-hydrogen) atoms. The maximum absolute atomic E-state index is 12.0. The summed E-state index contributed by atoms with van der Waals surface area (Å²) in [5, 5.41) is 14.2. The van der Waals surface area contributed by atoms with Crippen LogP contribution >= 0.6 is 11.3 Å². The number of piperazine rings is 1. The number of thiophene rings is 1. The molecule has 8 nitrogen and oxygen atoms in total. The third-order valence-electron chi connectivity index (χ3n) is 3.72. The van der Waals surface area contributed by atoms with Crippen LogP contribution in [0.3, 0.4) is 0 Å². The van der Waals surface area contributed by atoms with Gasteiger partial charge in [-0.15, -0.1) is 11.3 Å². The topological polar surface area (TPSA) is 98.7 Å². The summed E-state index contributed by atoms with van der Waals surface area (Å²) in [5.41, 5.74) is 0. The van der Waals surface area contributed by atoms with E-state index in [1.807, 2.05) is 11.4 Å². The number of amides is 2. The maximum Gasteiger partial charge on any atom is 0.317 e. The molecule has 1 saturated heterocycles. The summed E-state index contributed by atoms with van der Waals surface area (Å²) in [5.74, 6) is -0.0131. The number of urea groups is 1. The molecular weight excluding hydrogens is 318 g/mol. The highest BCUT2D eigenvalue weighted by Crippen LogP contribution is 2.27. The van der Waals surface area contributed by atoms with Gasteiger partial charge >= 0.3 is 12.0 Å². The van der Waals surface area contributed by atoms with Gasteiger partial charge in [0, 0.05) is 32.7 Å². The molecule has 2 aromatic heterocycles. The molecule has 0 unspecified atom stereocenters. The Balaban J connectivity index is 1.57. The first-order valence-electron chi connectivity index (χ1n) is 7.33. The Morgan fingerprint density at radius 3 is 2.78 bits per heavy atom. The molecule has 3 rings (SSSR count). The fourth-order valence-electron chi connectivity index (χ4n) is 2.54. The minimum atomic E-state index is -0.918. The SMILES string of the molecule is O=C(O)CCNC(=O)N1CCN(c2ncnc3sccc23)CC1. The van der Waals surface area contributed by atoms with E-state index in [4.69, 9.17) is 5.11 Å². The van der Waals surface area contributed by atoms with Gasteiger partial charge in [0.2, 0.25) is 0 Å². The van der Waals surface area contributed by atoms with Crippen molar-refractivity contribution in [1.29, 1.82) is 0 Å². The van der Waals surface area contributed by atoms with Crippen molar-refractivity contribution in [2.75, 3.05) is 37.6 Å². The molecule has 1 aliphatic rings. The van der Waals surface area contributed by atoms with Crippen LogP contribution in [0.15, 0.2) is 17.8 Å². The summed E-state index contributed by atoms with van der Waals surface area (Å²) in [6, 6.07) is 1.80. The van der Waals surface area contributed by atoms with E-state index in [1.54, 1.807) is 22.6 Å². The normalized spacial score (nSPS) is 15.0. The molecule has 0 atom stereocenters. The zero-order chi connectivity index (χ0) is 16.2. The van der Waals surface area contributed by atoms with Gasteiger partial charge in [-0.1, -0.05) is 0 Å². The van der Waals surface area contributed by atoms with Crippen LogP contribution in [0.4, 0.5) is 10.6 Å². The van der Waals surface area contributed by atoms with Gasteiger partial charge in [0.25, 0.3) is 0 Å². The summed E-state index contributed by atoms with van der Waals surface area (Å²) in [6.07, 6.45) is 1.50. The Labute approximate surface area is 136 Å². The molecule has 0 spiro atoms. The number of carbonyl (C=O) groups excluding carboxylic acids is 1. The lowest BCUT2D eigenvalue weighted by molar-refractivity contribution is -0.136. The molecule has 3 heterocycles. The molecule has 9 heteroatoms. The van der Waals surface area contributed by atoms with Gasteiger partial charge in [-0.3, -0.25) is 4.79 Å². The van der Waals surface area contributed by atoms with Crippen molar-refractivity contribution >= 4 is 39.4 Å². The van der Waals surface area contributed by atoms with Crippen LogP contribution in [0.5, 0.6) is 0 Å². The molecule has 122 valence electrons. The van der Waals surface area contributed by atoms with E-state index in [9.17, 15) is 9.59 Å². The van der Waals surface area contributed by atoms with Crippen molar-refractivity contribution in [2.24, 2.45) is 0 Å². The van der Waals surface area contributed by atoms with Crippen LogP contribution in [-0.2, 0) is 4.79 Å². The van der Waals surface area contributed by atoms with Crippen LogP contribution in [0.25, 0.3) is 10.2 Å². The van der Waals surface area contributed by atoms with Crippen molar-refractivity contribution in [1.82, 2.24) is 20.2 Å². The summed E-state index contributed by atoms with van der Waals surface area (Å²) >= 11 is 1.58. The number of anilines is 1. The van der Waals surface area contributed by atoms with Gasteiger partial charge in [0.15, 0.2) is 0 Å². The number of aromatic nitrogens is 2. The smallest absolute Gasteiger partial charge is 0.317 e. The van der Waals surface area contributed by atoms with E-state index >= 15 is 0 Å². The van der Waals surface area contributed by atoms with Gasteiger partial charge in [-0.05, 0) is 11.4 Å². The number of hydrogen-bond donors (Lipinski definition) is 2. The number of carboxylic acid groups (broad SMARTS) is 1. The molecule has 0 bridgehead atoms. The maximum atomic E-state index is 12.0. The van der Waals surface area contributed by atoms with E-state index in [0.717, 1.165) is 16.0 Å². The lowest BCUT2D eigenvalue weighted by Gasteiger charge is -2.35. The number of hydrogen-bond acceptors (Lipinski definition) is 6. The minimum Gasteiger partial charge on any atom is -0.481 e. The van der Waals surface area contributed by atoms with Gasteiger partial charge < -0.3 is 20.2 Å². The van der Waals surface area contributed by atoms with E-state index in [-0.39, 0.29) is 19.0 Å². The van der Waals surface area contributed by atoms with Crippen LogP contribution in [-0.4, -0.2) is 64.7 Å². The molecular formula is C14H17N5O3S. The highest BCUT2D eigenvalue weighted by atomic mass is 32.1. The number of carboxylic acids is 1. The van der Waals surface area contributed by atoms with Crippen molar-refractivity contribution < 1.29 is 14.7 Å². The number of rotatable bonds is 4. The number of nitrogens with zero attached hydrogens (tertiary/aromatic N) is 4. The summed E-state index contributed by atoms with van der Waals surface area (Å²) < 4.78 is 0. The van der Waals surface area contributed by atoms with E-state index in [1.165, 1.54) is 0 Å². The number of carbonyl (C=O) groups is 2. The van der Waals surface area contributed by atoms with Gasteiger partial charge in [-0.25, -0.2) is 14.8 Å². The molecule has 0 radical (unpaired) electrons. The van der Waals surface area contributed by atoms with Crippen LogP contribution in [0.1, 0.15) is 6.42 Å².